The molecule has 34 heavy (non-hydrogen) atoms. The third kappa shape index (κ3) is 5.01. The first kappa shape index (κ1) is 24.4. The predicted octanol–water partition coefficient (Wildman–Crippen LogP) is 3.21. The van der Waals surface area contributed by atoms with E-state index in [0.29, 0.717) is 44.5 Å². The average molecular weight is 486 g/mol. The lowest BCUT2D eigenvalue weighted by molar-refractivity contribution is -0.122. The van der Waals surface area contributed by atoms with Gasteiger partial charge in [0.15, 0.2) is 0 Å². The van der Waals surface area contributed by atoms with Crippen molar-refractivity contribution < 1.29 is 22.7 Å². The lowest BCUT2D eigenvalue weighted by atomic mass is 9.96. The number of ether oxygens (including phenoxy) is 1. The topological polar surface area (TPSA) is 96.0 Å². The Labute approximate surface area is 200 Å². The number of amides is 2. The van der Waals surface area contributed by atoms with Gasteiger partial charge in [-0.3, -0.25) is 9.59 Å². The largest absolute Gasteiger partial charge is 0.379 e. The van der Waals surface area contributed by atoms with Crippen LogP contribution in [0.2, 0.25) is 0 Å². The van der Waals surface area contributed by atoms with Crippen LogP contribution < -0.4 is 10.2 Å². The van der Waals surface area contributed by atoms with Gasteiger partial charge in [-0.1, -0.05) is 38.1 Å². The number of morpholine rings is 1. The summed E-state index contributed by atoms with van der Waals surface area (Å²) in [5, 5.41) is 2.81. The SMILES string of the molecule is CC[C@@H](C)c1ccccc1N1C[C@@H](C(=O)Nc2cccc(S(=O)(=O)N3CCOCC3)c2)CC1=O. The second-order valence-corrected chi connectivity index (χ2v) is 10.7. The lowest BCUT2D eigenvalue weighted by Crippen LogP contribution is -2.40. The monoisotopic (exact) mass is 485 g/mol. The quantitative estimate of drug-likeness (QED) is 0.650. The first-order chi connectivity index (χ1) is 16.3. The zero-order valence-electron chi connectivity index (χ0n) is 19.6. The molecule has 2 aromatic carbocycles. The van der Waals surface area contributed by atoms with Crippen molar-refractivity contribution in [3.63, 3.8) is 0 Å². The van der Waals surface area contributed by atoms with Crippen molar-refractivity contribution >= 4 is 33.2 Å². The smallest absolute Gasteiger partial charge is 0.243 e. The van der Waals surface area contributed by atoms with Gasteiger partial charge in [-0.2, -0.15) is 4.31 Å². The number of benzene rings is 2. The molecule has 0 saturated carbocycles. The second kappa shape index (κ2) is 10.2. The summed E-state index contributed by atoms with van der Waals surface area (Å²) >= 11 is 0. The van der Waals surface area contributed by atoms with Gasteiger partial charge in [0.05, 0.1) is 24.0 Å². The third-order valence-electron chi connectivity index (χ3n) is 6.58. The van der Waals surface area contributed by atoms with Crippen molar-refractivity contribution in [1.29, 1.82) is 0 Å². The molecule has 2 saturated heterocycles. The summed E-state index contributed by atoms with van der Waals surface area (Å²) in [7, 11) is -3.67. The molecule has 2 aliphatic rings. The van der Waals surface area contributed by atoms with Crippen molar-refractivity contribution in [3.05, 3.63) is 54.1 Å². The van der Waals surface area contributed by atoms with E-state index in [0.717, 1.165) is 17.7 Å². The van der Waals surface area contributed by atoms with Gasteiger partial charge in [-0.15, -0.1) is 0 Å². The van der Waals surface area contributed by atoms with Crippen LogP contribution in [0.25, 0.3) is 0 Å². The Balaban J connectivity index is 1.47. The fourth-order valence-electron chi connectivity index (χ4n) is 4.40. The number of sulfonamides is 1. The van der Waals surface area contributed by atoms with Gasteiger partial charge >= 0.3 is 0 Å². The van der Waals surface area contributed by atoms with Crippen molar-refractivity contribution in [2.75, 3.05) is 43.1 Å². The van der Waals surface area contributed by atoms with E-state index in [9.17, 15) is 18.0 Å². The minimum absolute atomic E-state index is 0.0838. The number of para-hydroxylation sites is 1. The van der Waals surface area contributed by atoms with Crippen LogP contribution in [0.5, 0.6) is 0 Å². The molecule has 2 heterocycles. The summed E-state index contributed by atoms with van der Waals surface area (Å²) in [6.07, 6.45) is 1.07. The minimum atomic E-state index is -3.67. The highest BCUT2D eigenvalue weighted by Crippen LogP contribution is 2.34. The molecule has 1 N–H and O–H groups in total. The summed E-state index contributed by atoms with van der Waals surface area (Å²) in [5.74, 6) is -0.595. The molecule has 0 spiro atoms. The number of hydrogen-bond donors (Lipinski definition) is 1. The molecule has 8 nitrogen and oxygen atoms in total. The van der Waals surface area contributed by atoms with Crippen LogP contribution >= 0.6 is 0 Å². The Morgan fingerprint density at radius 3 is 2.62 bits per heavy atom. The number of nitrogens with zero attached hydrogens (tertiary/aromatic N) is 2. The normalized spacial score (nSPS) is 20.4. The van der Waals surface area contributed by atoms with E-state index in [2.05, 4.69) is 19.2 Å². The number of hydrogen-bond acceptors (Lipinski definition) is 5. The van der Waals surface area contributed by atoms with Gasteiger partial charge in [-0.25, -0.2) is 8.42 Å². The molecule has 0 radical (unpaired) electrons. The maximum atomic E-state index is 13.0. The summed E-state index contributed by atoms with van der Waals surface area (Å²) in [5.41, 5.74) is 2.35. The molecular formula is C25H31N3O5S. The molecule has 0 aromatic heterocycles. The van der Waals surface area contributed by atoms with Crippen LogP contribution in [0.1, 0.15) is 38.2 Å². The van der Waals surface area contributed by atoms with Crippen LogP contribution in [0.15, 0.2) is 53.4 Å². The standard InChI is InChI=1S/C25H31N3O5S/c1-3-18(2)22-9-4-5-10-23(22)28-17-19(15-24(28)29)25(30)26-20-7-6-8-21(16-20)34(31,32)27-11-13-33-14-12-27/h4-10,16,18-19H,3,11-15,17H2,1-2H3,(H,26,30)/t18-,19+/m1/s1. The van der Waals surface area contributed by atoms with Crippen LogP contribution in [-0.2, 0) is 24.3 Å². The molecule has 0 aliphatic carbocycles. The lowest BCUT2D eigenvalue weighted by Gasteiger charge is -2.26. The Morgan fingerprint density at radius 1 is 1.15 bits per heavy atom. The summed E-state index contributed by atoms with van der Waals surface area (Å²) < 4.78 is 32.5. The van der Waals surface area contributed by atoms with E-state index in [-0.39, 0.29) is 23.1 Å². The third-order valence-corrected chi connectivity index (χ3v) is 8.47. The Kier molecular flexibility index (Phi) is 7.35. The molecule has 9 heteroatoms. The molecular weight excluding hydrogens is 454 g/mol. The van der Waals surface area contributed by atoms with Crippen LogP contribution in [0.3, 0.4) is 0 Å². The van der Waals surface area contributed by atoms with Crippen molar-refractivity contribution in [2.24, 2.45) is 5.92 Å². The summed E-state index contributed by atoms with van der Waals surface area (Å²) in [6.45, 7) is 5.86. The van der Waals surface area contributed by atoms with Crippen molar-refractivity contribution in [2.45, 2.75) is 37.5 Å². The van der Waals surface area contributed by atoms with Gasteiger partial charge in [0, 0.05) is 37.4 Å². The van der Waals surface area contributed by atoms with E-state index in [1.54, 1.807) is 17.0 Å². The number of anilines is 2. The molecule has 0 bridgehead atoms. The van der Waals surface area contributed by atoms with Gasteiger partial charge in [0.2, 0.25) is 21.8 Å². The van der Waals surface area contributed by atoms with E-state index < -0.39 is 15.9 Å². The Bertz CT molecular complexity index is 1160. The van der Waals surface area contributed by atoms with E-state index >= 15 is 0 Å². The van der Waals surface area contributed by atoms with E-state index in [1.165, 1.54) is 16.4 Å². The molecule has 2 fully saturated rings. The second-order valence-electron chi connectivity index (χ2n) is 8.81. The minimum Gasteiger partial charge on any atom is -0.379 e. The van der Waals surface area contributed by atoms with E-state index in [1.807, 2.05) is 24.3 Å². The molecule has 4 rings (SSSR count). The average Bonchev–Trinajstić information content (AvgIpc) is 3.26. The number of carbonyl (C=O) groups excluding carboxylic acids is 2. The molecule has 2 aromatic rings. The number of carbonyl (C=O) groups is 2. The van der Waals surface area contributed by atoms with Crippen molar-refractivity contribution in [1.82, 2.24) is 4.31 Å². The Morgan fingerprint density at radius 2 is 1.88 bits per heavy atom. The number of nitrogens with one attached hydrogen (secondary N) is 1. The van der Waals surface area contributed by atoms with Gasteiger partial charge in [0.25, 0.3) is 0 Å². The fraction of sp³-hybridized carbons (Fsp3) is 0.440. The fourth-order valence-corrected chi connectivity index (χ4v) is 5.86. The van der Waals surface area contributed by atoms with Gasteiger partial charge < -0.3 is 15.0 Å². The zero-order valence-corrected chi connectivity index (χ0v) is 20.4. The maximum absolute atomic E-state index is 13.0. The molecule has 0 unspecified atom stereocenters. The van der Waals surface area contributed by atoms with Crippen molar-refractivity contribution in [3.8, 4) is 0 Å². The van der Waals surface area contributed by atoms with Crippen LogP contribution in [-0.4, -0.2) is 57.4 Å². The van der Waals surface area contributed by atoms with Crippen LogP contribution in [0.4, 0.5) is 11.4 Å². The zero-order chi connectivity index (χ0) is 24.3. The van der Waals surface area contributed by atoms with Gasteiger partial charge in [0.1, 0.15) is 0 Å². The first-order valence-electron chi connectivity index (χ1n) is 11.7. The molecule has 2 aliphatic heterocycles. The highest BCUT2D eigenvalue weighted by atomic mass is 32.2. The highest BCUT2D eigenvalue weighted by Gasteiger charge is 2.36. The molecule has 2 atom stereocenters. The Hall–Kier alpha value is -2.75. The summed E-state index contributed by atoms with van der Waals surface area (Å²) in [6, 6.07) is 14.1. The molecule has 182 valence electrons. The summed E-state index contributed by atoms with van der Waals surface area (Å²) in [4.78, 5) is 27.6. The first-order valence-corrected chi connectivity index (χ1v) is 13.1. The van der Waals surface area contributed by atoms with E-state index in [4.69, 9.17) is 4.74 Å². The maximum Gasteiger partial charge on any atom is 0.243 e. The van der Waals surface area contributed by atoms with Crippen LogP contribution in [0, 0.1) is 5.92 Å². The van der Waals surface area contributed by atoms with Gasteiger partial charge in [-0.05, 0) is 42.2 Å². The molecule has 2 amide bonds. The number of rotatable bonds is 7. The predicted molar refractivity (Wildman–Crippen MR) is 130 cm³/mol. The highest BCUT2D eigenvalue weighted by molar-refractivity contribution is 7.89.